The Hall–Kier alpha value is -0.820. The van der Waals surface area contributed by atoms with Gasteiger partial charge in [0.25, 0.3) is 0 Å². The van der Waals surface area contributed by atoms with E-state index >= 15 is 0 Å². The van der Waals surface area contributed by atoms with Crippen molar-refractivity contribution in [2.24, 2.45) is 5.73 Å². The van der Waals surface area contributed by atoms with Gasteiger partial charge in [0.15, 0.2) is 0 Å². The summed E-state index contributed by atoms with van der Waals surface area (Å²) < 4.78 is 0. The molecule has 0 saturated heterocycles. The smallest absolute Gasteiger partial charge is 0.00766 e. The normalized spacial score (nSPS) is 15.9. The Morgan fingerprint density at radius 1 is 1.09 bits per heavy atom. The summed E-state index contributed by atoms with van der Waals surface area (Å²) in [5, 5.41) is 0. The SMILES string of the molecule is C[C@H](N)[C@@H](C)c1ccccc1. The zero-order valence-corrected chi connectivity index (χ0v) is 7.12. The molecule has 0 aliphatic carbocycles. The van der Waals surface area contributed by atoms with Crippen LogP contribution in [0, 0.1) is 0 Å². The van der Waals surface area contributed by atoms with Crippen LogP contribution in [0.3, 0.4) is 0 Å². The molecule has 0 fully saturated rings. The fourth-order valence-electron chi connectivity index (χ4n) is 1.06. The molecule has 0 radical (unpaired) electrons. The lowest BCUT2D eigenvalue weighted by Gasteiger charge is -2.15. The Labute approximate surface area is 68.2 Å². The number of nitrogens with two attached hydrogens (primary N) is 1. The second-order valence-electron chi connectivity index (χ2n) is 3.06. The van der Waals surface area contributed by atoms with E-state index in [0.29, 0.717) is 5.92 Å². The molecule has 2 N–H and O–H groups in total. The monoisotopic (exact) mass is 149 g/mol. The van der Waals surface area contributed by atoms with Crippen molar-refractivity contribution in [2.45, 2.75) is 25.8 Å². The molecular formula is C10H15N. The first-order valence-corrected chi connectivity index (χ1v) is 4.02. The molecule has 0 heterocycles. The van der Waals surface area contributed by atoms with Gasteiger partial charge >= 0.3 is 0 Å². The molecule has 11 heavy (non-hydrogen) atoms. The molecule has 0 saturated carbocycles. The average molecular weight is 149 g/mol. The van der Waals surface area contributed by atoms with Crippen LogP contribution in [-0.4, -0.2) is 6.04 Å². The maximum absolute atomic E-state index is 5.77. The quantitative estimate of drug-likeness (QED) is 0.685. The van der Waals surface area contributed by atoms with E-state index in [0.717, 1.165) is 0 Å². The van der Waals surface area contributed by atoms with Gasteiger partial charge in [-0.05, 0) is 18.4 Å². The van der Waals surface area contributed by atoms with Crippen molar-refractivity contribution in [1.82, 2.24) is 0 Å². The van der Waals surface area contributed by atoms with Crippen LogP contribution in [-0.2, 0) is 0 Å². The van der Waals surface area contributed by atoms with Gasteiger partial charge in [0.2, 0.25) is 0 Å². The highest BCUT2D eigenvalue weighted by Crippen LogP contribution is 2.16. The highest BCUT2D eigenvalue weighted by molar-refractivity contribution is 5.19. The summed E-state index contributed by atoms with van der Waals surface area (Å²) in [4.78, 5) is 0. The van der Waals surface area contributed by atoms with Crippen LogP contribution in [0.15, 0.2) is 30.3 Å². The lowest BCUT2D eigenvalue weighted by Crippen LogP contribution is -2.22. The first kappa shape index (κ1) is 8.28. The van der Waals surface area contributed by atoms with E-state index in [9.17, 15) is 0 Å². The van der Waals surface area contributed by atoms with Crippen LogP contribution in [0.1, 0.15) is 25.3 Å². The van der Waals surface area contributed by atoms with Crippen LogP contribution in [0.2, 0.25) is 0 Å². The summed E-state index contributed by atoms with van der Waals surface area (Å²) in [6, 6.07) is 10.6. The largest absolute Gasteiger partial charge is 0.327 e. The summed E-state index contributed by atoms with van der Waals surface area (Å²) in [6.45, 7) is 4.19. The number of rotatable bonds is 2. The zero-order chi connectivity index (χ0) is 8.27. The third kappa shape index (κ3) is 2.05. The summed E-state index contributed by atoms with van der Waals surface area (Å²) in [6.07, 6.45) is 0. The van der Waals surface area contributed by atoms with Crippen LogP contribution in [0.4, 0.5) is 0 Å². The zero-order valence-electron chi connectivity index (χ0n) is 7.12. The van der Waals surface area contributed by atoms with Crippen LogP contribution in [0.5, 0.6) is 0 Å². The molecule has 0 bridgehead atoms. The molecule has 0 spiro atoms. The van der Waals surface area contributed by atoms with Gasteiger partial charge in [-0.15, -0.1) is 0 Å². The minimum absolute atomic E-state index is 0.234. The summed E-state index contributed by atoms with van der Waals surface area (Å²) >= 11 is 0. The Bertz CT molecular complexity index is 203. The molecule has 1 aromatic rings. The lowest BCUT2D eigenvalue weighted by molar-refractivity contribution is 0.613. The number of hydrogen-bond donors (Lipinski definition) is 1. The highest BCUT2D eigenvalue weighted by atomic mass is 14.6. The number of hydrogen-bond acceptors (Lipinski definition) is 1. The Morgan fingerprint density at radius 3 is 2.09 bits per heavy atom. The summed E-state index contributed by atoms with van der Waals surface area (Å²) in [5.74, 6) is 0.455. The predicted molar refractivity (Wildman–Crippen MR) is 48.5 cm³/mol. The minimum atomic E-state index is 0.234. The van der Waals surface area contributed by atoms with Crippen molar-refractivity contribution < 1.29 is 0 Å². The van der Waals surface area contributed by atoms with Gasteiger partial charge < -0.3 is 5.73 Å². The van der Waals surface area contributed by atoms with Crippen molar-refractivity contribution in [3.63, 3.8) is 0 Å². The fourth-order valence-corrected chi connectivity index (χ4v) is 1.06. The topological polar surface area (TPSA) is 26.0 Å². The Kier molecular flexibility index (Phi) is 2.66. The van der Waals surface area contributed by atoms with Crippen molar-refractivity contribution >= 4 is 0 Å². The van der Waals surface area contributed by atoms with Gasteiger partial charge in [0.05, 0.1) is 0 Å². The molecule has 0 aliphatic rings. The maximum Gasteiger partial charge on any atom is 0.00766 e. The van der Waals surface area contributed by atoms with E-state index < -0.39 is 0 Å². The average Bonchev–Trinajstić information content (AvgIpc) is 2.05. The van der Waals surface area contributed by atoms with E-state index in [1.807, 2.05) is 25.1 Å². The molecule has 1 rings (SSSR count). The van der Waals surface area contributed by atoms with Crippen LogP contribution >= 0.6 is 0 Å². The van der Waals surface area contributed by atoms with E-state index in [1.54, 1.807) is 0 Å². The minimum Gasteiger partial charge on any atom is -0.327 e. The van der Waals surface area contributed by atoms with Gasteiger partial charge in [-0.25, -0.2) is 0 Å². The molecule has 0 amide bonds. The van der Waals surface area contributed by atoms with E-state index in [2.05, 4.69) is 19.1 Å². The molecule has 1 aromatic carbocycles. The predicted octanol–water partition coefficient (Wildman–Crippen LogP) is 2.14. The lowest BCUT2D eigenvalue weighted by atomic mass is 9.95. The van der Waals surface area contributed by atoms with Crippen molar-refractivity contribution in [2.75, 3.05) is 0 Å². The van der Waals surface area contributed by atoms with Crippen LogP contribution < -0.4 is 5.73 Å². The first-order valence-electron chi connectivity index (χ1n) is 4.02. The van der Waals surface area contributed by atoms with E-state index in [4.69, 9.17) is 5.73 Å². The maximum atomic E-state index is 5.77. The summed E-state index contributed by atoms with van der Waals surface area (Å²) in [7, 11) is 0. The molecule has 1 heteroatoms. The van der Waals surface area contributed by atoms with Crippen molar-refractivity contribution in [3.8, 4) is 0 Å². The fraction of sp³-hybridized carbons (Fsp3) is 0.400. The second kappa shape index (κ2) is 3.54. The third-order valence-corrected chi connectivity index (χ3v) is 2.11. The Balaban J connectivity index is 2.77. The van der Waals surface area contributed by atoms with Crippen molar-refractivity contribution in [1.29, 1.82) is 0 Å². The molecule has 0 aromatic heterocycles. The van der Waals surface area contributed by atoms with E-state index in [-0.39, 0.29) is 6.04 Å². The second-order valence-corrected chi connectivity index (χ2v) is 3.06. The third-order valence-electron chi connectivity index (χ3n) is 2.11. The number of benzene rings is 1. The molecular weight excluding hydrogens is 134 g/mol. The molecule has 0 unspecified atom stereocenters. The van der Waals surface area contributed by atoms with Gasteiger partial charge in [0.1, 0.15) is 0 Å². The van der Waals surface area contributed by atoms with Gasteiger partial charge in [-0.1, -0.05) is 37.3 Å². The summed E-state index contributed by atoms with van der Waals surface area (Å²) in [5.41, 5.74) is 7.09. The van der Waals surface area contributed by atoms with Gasteiger partial charge in [-0.3, -0.25) is 0 Å². The molecule has 0 aliphatic heterocycles. The van der Waals surface area contributed by atoms with E-state index in [1.165, 1.54) is 5.56 Å². The standard InChI is InChI=1S/C10H15N/c1-8(9(2)11)10-6-4-3-5-7-10/h3-9H,11H2,1-2H3/t8-,9+/m1/s1. The van der Waals surface area contributed by atoms with Gasteiger partial charge in [0, 0.05) is 6.04 Å². The molecule has 1 nitrogen and oxygen atoms in total. The van der Waals surface area contributed by atoms with Crippen LogP contribution in [0.25, 0.3) is 0 Å². The molecule has 2 atom stereocenters. The van der Waals surface area contributed by atoms with Crippen molar-refractivity contribution in [3.05, 3.63) is 35.9 Å². The van der Waals surface area contributed by atoms with Gasteiger partial charge in [-0.2, -0.15) is 0 Å². The molecule has 60 valence electrons. The Morgan fingerprint density at radius 2 is 1.64 bits per heavy atom. The highest BCUT2D eigenvalue weighted by Gasteiger charge is 2.08. The first-order chi connectivity index (χ1) is 5.22.